The third kappa shape index (κ3) is 1.84. The van der Waals surface area contributed by atoms with Gasteiger partial charge in [-0.3, -0.25) is 9.59 Å². The molecule has 0 amide bonds. The predicted octanol–water partition coefficient (Wildman–Crippen LogP) is 0.420. The summed E-state index contributed by atoms with van der Waals surface area (Å²) < 4.78 is 9.73. The molecule has 4 nitrogen and oxygen atoms in total. The molecule has 0 spiro atoms. The fraction of sp³-hybridized carbons (Fsp3) is 0.500. The number of rotatable bonds is 1. The summed E-state index contributed by atoms with van der Waals surface area (Å²) in [6, 6.07) is 0. The van der Waals surface area contributed by atoms with Gasteiger partial charge in [0.25, 0.3) is 0 Å². The van der Waals surface area contributed by atoms with Crippen molar-refractivity contribution in [3.05, 3.63) is 12.3 Å². The molecule has 0 fully saturated rings. The fourth-order valence-electron chi connectivity index (χ4n) is 0.960. The van der Waals surface area contributed by atoms with E-state index >= 15 is 0 Å². The summed E-state index contributed by atoms with van der Waals surface area (Å²) in [5.74, 6) is -0.706. The van der Waals surface area contributed by atoms with Crippen molar-refractivity contribution in [2.75, 3.05) is 0 Å². The Bertz CT molecular complexity index is 231. The molecule has 0 bridgehead atoms. The van der Waals surface area contributed by atoms with Crippen LogP contribution in [0.1, 0.15) is 13.8 Å². The summed E-state index contributed by atoms with van der Waals surface area (Å²) in [5.41, 5.74) is 0. The third-order valence-corrected chi connectivity index (χ3v) is 1.53. The van der Waals surface area contributed by atoms with Crippen molar-refractivity contribution in [2.24, 2.45) is 0 Å². The van der Waals surface area contributed by atoms with E-state index in [-0.39, 0.29) is 5.78 Å². The average molecular weight is 170 g/mol. The van der Waals surface area contributed by atoms with Crippen LogP contribution in [0.15, 0.2) is 12.3 Å². The highest BCUT2D eigenvalue weighted by molar-refractivity contribution is 5.95. The van der Waals surface area contributed by atoms with Gasteiger partial charge in [-0.2, -0.15) is 0 Å². The highest BCUT2D eigenvalue weighted by Gasteiger charge is 2.29. The lowest BCUT2D eigenvalue weighted by molar-refractivity contribution is -0.159. The van der Waals surface area contributed by atoms with Crippen molar-refractivity contribution in [1.29, 1.82) is 0 Å². The summed E-state index contributed by atoms with van der Waals surface area (Å²) in [6.45, 7) is 2.94. The van der Waals surface area contributed by atoms with Gasteiger partial charge in [0.15, 0.2) is 6.10 Å². The van der Waals surface area contributed by atoms with Crippen LogP contribution in [0.5, 0.6) is 0 Å². The molecule has 0 saturated carbocycles. The Morgan fingerprint density at radius 3 is 2.83 bits per heavy atom. The molecule has 12 heavy (non-hydrogen) atoms. The normalized spacial score (nSPS) is 28.0. The Hall–Kier alpha value is -1.32. The molecular weight excluding hydrogens is 160 g/mol. The van der Waals surface area contributed by atoms with Crippen LogP contribution in [0.3, 0.4) is 0 Å². The molecule has 0 N–H and O–H groups in total. The number of carbonyl (C=O) groups excluding carboxylic acids is 2. The van der Waals surface area contributed by atoms with Gasteiger partial charge in [0.1, 0.15) is 6.10 Å². The minimum atomic E-state index is -0.785. The number of esters is 1. The first kappa shape index (κ1) is 8.77. The van der Waals surface area contributed by atoms with Gasteiger partial charge >= 0.3 is 5.97 Å². The van der Waals surface area contributed by atoms with Gasteiger partial charge in [0.2, 0.25) is 5.78 Å². The third-order valence-electron chi connectivity index (χ3n) is 1.53. The SMILES string of the molecule is CC(=O)O[C@@H]1C(=O)C=CO[C@H]1C. The largest absolute Gasteiger partial charge is 0.494 e. The molecule has 66 valence electrons. The number of ether oxygens (including phenoxy) is 2. The lowest BCUT2D eigenvalue weighted by Gasteiger charge is -2.23. The Kier molecular flexibility index (Phi) is 2.47. The maximum atomic E-state index is 11.1. The Morgan fingerprint density at radius 1 is 1.67 bits per heavy atom. The van der Waals surface area contributed by atoms with Crippen molar-refractivity contribution in [3.8, 4) is 0 Å². The van der Waals surface area contributed by atoms with E-state index in [4.69, 9.17) is 9.47 Å². The summed E-state index contributed by atoms with van der Waals surface area (Å²) >= 11 is 0. The first-order chi connectivity index (χ1) is 5.61. The van der Waals surface area contributed by atoms with E-state index in [9.17, 15) is 9.59 Å². The smallest absolute Gasteiger partial charge is 0.303 e. The van der Waals surface area contributed by atoms with Crippen LogP contribution >= 0.6 is 0 Å². The quantitative estimate of drug-likeness (QED) is 0.535. The number of hydrogen-bond donors (Lipinski definition) is 0. The van der Waals surface area contributed by atoms with Crippen molar-refractivity contribution in [1.82, 2.24) is 0 Å². The van der Waals surface area contributed by atoms with Crippen LogP contribution in [0, 0.1) is 0 Å². The minimum Gasteiger partial charge on any atom is -0.494 e. The van der Waals surface area contributed by atoms with E-state index in [1.807, 2.05) is 0 Å². The Balaban J connectivity index is 2.66. The van der Waals surface area contributed by atoms with Gasteiger partial charge in [0.05, 0.1) is 6.26 Å². The second-order valence-corrected chi connectivity index (χ2v) is 2.58. The standard InChI is InChI=1S/C8H10O4/c1-5-8(12-6(2)9)7(10)3-4-11-5/h3-5,8H,1-2H3/t5-,8-/m0/s1. The molecule has 0 aromatic rings. The lowest BCUT2D eigenvalue weighted by atomic mass is 10.1. The maximum Gasteiger partial charge on any atom is 0.303 e. The molecular formula is C8H10O4. The molecule has 0 unspecified atom stereocenters. The number of ketones is 1. The van der Waals surface area contributed by atoms with E-state index in [0.29, 0.717) is 0 Å². The minimum absolute atomic E-state index is 0.232. The van der Waals surface area contributed by atoms with Crippen LogP contribution in [0.4, 0.5) is 0 Å². The molecule has 1 aliphatic rings. The number of hydrogen-bond acceptors (Lipinski definition) is 4. The molecule has 0 aliphatic carbocycles. The molecule has 1 heterocycles. The van der Waals surface area contributed by atoms with E-state index in [1.54, 1.807) is 6.92 Å². The van der Waals surface area contributed by atoms with Crippen LogP contribution in [-0.2, 0) is 19.1 Å². The van der Waals surface area contributed by atoms with Gasteiger partial charge in [-0.05, 0) is 6.92 Å². The van der Waals surface area contributed by atoms with Crippen LogP contribution in [-0.4, -0.2) is 24.0 Å². The summed E-state index contributed by atoms with van der Waals surface area (Å²) in [6.07, 6.45) is 1.39. The summed E-state index contributed by atoms with van der Waals surface area (Å²) in [4.78, 5) is 21.6. The first-order valence-corrected chi connectivity index (χ1v) is 3.64. The molecule has 1 rings (SSSR count). The van der Waals surface area contributed by atoms with Gasteiger partial charge < -0.3 is 9.47 Å². The maximum absolute atomic E-state index is 11.1. The van der Waals surface area contributed by atoms with Gasteiger partial charge in [0, 0.05) is 13.0 Å². The monoisotopic (exact) mass is 170 g/mol. The topological polar surface area (TPSA) is 52.6 Å². The molecule has 0 aromatic heterocycles. The first-order valence-electron chi connectivity index (χ1n) is 3.64. The van der Waals surface area contributed by atoms with Crippen molar-refractivity contribution >= 4 is 11.8 Å². The second-order valence-electron chi connectivity index (χ2n) is 2.58. The zero-order chi connectivity index (χ0) is 9.14. The van der Waals surface area contributed by atoms with Crippen LogP contribution < -0.4 is 0 Å². The molecule has 0 radical (unpaired) electrons. The highest BCUT2D eigenvalue weighted by atomic mass is 16.6. The average Bonchev–Trinajstić information content (AvgIpc) is 1.97. The van der Waals surface area contributed by atoms with Crippen LogP contribution in [0.25, 0.3) is 0 Å². The van der Waals surface area contributed by atoms with E-state index in [1.165, 1.54) is 19.3 Å². The molecule has 4 heteroatoms. The fourth-order valence-corrected chi connectivity index (χ4v) is 0.960. The zero-order valence-electron chi connectivity index (χ0n) is 6.94. The van der Waals surface area contributed by atoms with Crippen molar-refractivity contribution in [3.63, 3.8) is 0 Å². The summed E-state index contributed by atoms with van der Waals surface area (Å²) in [7, 11) is 0. The van der Waals surface area contributed by atoms with Gasteiger partial charge in [-0.25, -0.2) is 0 Å². The number of carbonyl (C=O) groups is 2. The highest BCUT2D eigenvalue weighted by Crippen LogP contribution is 2.11. The second kappa shape index (κ2) is 3.38. The van der Waals surface area contributed by atoms with E-state index in [2.05, 4.69) is 0 Å². The molecule has 2 atom stereocenters. The van der Waals surface area contributed by atoms with Crippen molar-refractivity contribution < 1.29 is 19.1 Å². The van der Waals surface area contributed by atoms with E-state index < -0.39 is 18.2 Å². The summed E-state index contributed by atoms with van der Waals surface area (Å²) in [5, 5.41) is 0. The molecule has 1 aliphatic heterocycles. The zero-order valence-corrected chi connectivity index (χ0v) is 6.94. The van der Waals surface area contributed by atoms with Crippen molar-refractivity contribution in [2.45, 2.75) is 26.1 Å². The lowest BCUT2D eigenvalue weighted by Crippen LogP contribution is -2.38. The van der Waals surface area contributed by atoms with Gasteiger partial charge in [-0.1, -0.05) is 0 Å². The van der Waals surface area contributed by atoms with Crippen LogP contribution in [0.2, 0.25) is 0 Å². The Labute approximate surface area is 70.1 Å². The predicted molar refractivity (Wildman–Crippen MR) is 40.2 cm³/mol. The molecule has 0 saturated heterocycles. The Morgan fingerprint density at radius 2 is 2.33 bits per heavy atom. The molecule has 0 aromatic carbocycles. The van der Waals surface area contributed by atoms with Gasteiger partial charge in [-0.15, -0.1) is 0 Å². The van der Waals surface area contributed by atoms with E-state index in [0.717, 1.165) is 0 Å².